The van der Waals surface area contributed by atoms with Crippen molar-refractivity contribution in [3.8, 4) is 0 Å². The van der Waals surface area contributed by atoms with Crippen LogP contribution in [0.1, 0.15) is 23.7 Å². The van der Waals surface area contributed by atoms with Crippen LogP contribution in [0.25, 0.3) is 21.7 Å². The Balaban J connectivity index is 1.23. The van der Waals surface area contributed by atoms with E-state index in [4.69, 9.17) is 0 Å². The molecule has 6 rings (SSSR count). The van der Waals surface area contributed by atoms with Gasteiger partial charge in [-0.05, 0) is 47.5 Å². The van der Waals surface area contributed by atoms with Gasteiger partial charge in [-0.1, -0.05) is 36.4 Å². The molecule has 3 heterocycles. The fourth-order valence-corrected chi connectivity index (χ4v) is 5.17. The van der Waals surface area contributed by atoms with Crippen molar-refractivity contribution in [2.45, 2.75) is 25.4 Å². The number of aromatic amines is 1. The van der Waals surface area contributed by atoms with Gasteiger partial charge in [-0.3, -0.25) is 14.5 Å². The summed E-state index contributed by atoms with van der Waals surface area (Å²) in [5.41, 5.74) is 2.08. The summed E-state index contributed by atoms with van der Waals surface area (Å²) in [6.07, 6.45) is 0.590. The number of carbonyl (C=O) groups is 3. The van der Waals surface area contributed by atoms with Crippen LogP contribution in [0.3, 0.4) is 0 Å². The van der Waals surface area contributed by atoms with Crippen LogP contribution in [-0.2, 0) is 28.1 Å². The maximum absolute atomic E-state index is 13.8. The fourth-order valence-electron chi connectivity index (χ4n) is 5.17. The van der Waals surface area contributed by atoms with Crippen LogP contribution in [0, 0.1) is 5.82 Å². The summed E-state index contributed by atoms with van der Waals surface area (Å²) < 4.78 is 13.8. The minimum Gasteiger partial charge on any atom is -0.358 e. The van der Waals surface area contributed by atoms with E-state index in [1.54, 1.807) is 17.9 Å². The highest BCUT2D eigenvalue weighted by Crippen LogP contribution is 2.32. The highest BCUT2D eigenvalue weighted by atomic mass is 19.1. The van der Waals surface area contributed by atoms with Crippen LogP contribution < -0.4 is 5.32 Å². The summed E-state index contributed by atoms with van der Waals surface area (Å²) in [7, 11) is 0. The summed E-state index contributed by atoms with van der Waals surface area (Å²) in [4.78, 5) is 45.3. The van der Waals surface area contributed by atoms with Crippen molar-refractivity contribution in [1.82, 2.24) is 20.1 Å². The average molecular weight is 471 g/mol. The molecular weight excluding hydrogens is 447 g/mol. The molecule has 2 aliphatic rings. The van der Waals surface area contributed by atoms with Gasteiger partial charge in [-0.15, -0.1) is 0 Å². The zero-order valence-corrected chi connectivity index (χ0v) is 19.1. The number of amides is 4. The number of aromatic nitrogens is 1. The van der Waals surface area contributed by atoms with Crippen molar-refractivity contribution in [3.05, 3.63) is 83.3 Å². The largest absolute Gasteiger partial charge is 0.358 e. The molecule has 176 valence electrons. The van der Waals surface area contributed by atoms with E-state index in [1.807, 2.05) is 42.5 Å². The number of carbonyl (C=O) groups excluding carboxylic acids is 3. The zero-order valence-electron chi connectivity index (χ0n) is 19.1. The van der Waals surface area contributed by atoms with Crippen molar-refractivity contribution in [3.63, 3.8) is 0 Å². The third-order valence-corrected chi connectivity index (χ3v) is 7.19. The van der Waals surface area contributed by atoms with E-state index in [0.717, 1.165) is 37.8 Å². The molecule has 0 aliphatic carbocycles. The van der Waals surface area contributed by atoms with Gasteiger partial charge in [0.2, 0.25) is 5.91 Å². The Morgan fingerprint density at radius 1 is 1.06 bits per heavy atom. The normalized spacial score (nSPS) is 19.9. The Labute approximate surface area is 200 Å². The highest BCUT2D eigenvalue weighted by Gasteiger charge is 2.49. The van der Waals surface area contributed by atoms with Crippen molar-refractivity contribution >= 4 is 39.5 Å². The Bertz CT molecular complexity index is 1540. The van der Waals surface area contributed by atoms with Crippen molar-refractivity contribution < 1.29 is 18.8 Å². The predicted molar refractivity (Wildman–Crippen MR) is 129 cm³/mol. The Morgan fingerprint density at radius 3 is 2.69 bits per heavy atom. The number of nitrogens with one attached hydrogen (secondary N) is 2. The van der Waals surface area contributed by atoms with Gasteiger partial charge < -0.3 is 15.2 Å². The van der Waals surface area contributed by atoms with Crippen molar-refractivity contribution in [2.24, 2.45) is 0 Å². The molecule has 1 fully saturated rings. The van der Waals surface area contributed by atoms with Crippen LogP contribution in [-0.4, -0.2) is 45.7 Å². The molecule has 1 saturated heterocycles. The number of hydrogen-bond donors (Lipinski definition) is 2. The first-order valence-electron chi connectivity index (χ1n) is 11.5. The third-order valence-electron chi connectivity index (χ3n) is 7.19. The molecule has 8 heteroatoms. The molecule has 0 bridgehead atoms. The Kier molecular flexibility index (Phi) is 4.67. The fraction of sp³-hybridized carbons (Fsp3) is 0.222. The Morgan fingerprint density at radius 2 is 1.86 bits per heavy atom. The van der Waals surface area contributed by atoms with Gasteiger partial charge >= 0.3 is 6.03 Å². The number of nitrogens with zero attached hydrogens (tertiary/aromatic N) is 2. The molecule has 1 unspecified atom stereocenters. The van der Waals surface area contributed by atoms with E-state index in [9.17, 15) is 18.8 Å². The third kappa shape index (κ3) is 3.36. The lowest BCUT2D eigenvalue weighted by molar-refractivity contribution is -0.139. The smallest absolute Gasteiger partial charge is 0.325 e. The van der Waals surface area contributed by atoms with E-state index in [-0.39, 0.29) is 18.3 Å². The van der Waals surface area contributed by atoms with Gasteiger partial charge in [-0.2, -0.15) is 0 Å². The summed E-state index contributed by atoms with van der Waals surface area (Å²) in [5, 5.41) is 5.52. The lowest BCUT2D eigenvalue weighted by Crippen LogP contribution is -2.45. The molecule has 7 nitrogen and oxygen atoms in total. The van der Waals surface area contributed by atoms with Crippen LogP contribution in [0.5, 0.6) is 0 Å². The van der Waals surface area contributed by atoms with Gasteiger partial charge in [0.25, 0.3) is 5.91 Å². The van der Waals surface area contributed by atoms with Crippen molar-refractivity contribution in [2.75, 3.05) is 13.1 Å². The molecular formula is C27H23FN4O3. The molecule has 1 aromatic heterocycles. The van der Waals surface area contributed by atoms with E-state index < -0.39 is 17.5 Å². The van der Waals surface area contributed by atoms with Gasteiger partial charge in [0, 0.05) is 41.7 Å². The summed E-state index contributed by atoms with van der Waals surface area (Å²) in [5.74, 6) is -1.12. The van der Waals surface area contributed by atoms with Crippen LogP contribution in [0.4, 0.5) is 9.18 Å². The van der Waals surface area contributed by atoms with E-state index >= 15 is 0 Å². The second-order valence-electron chi connectivity index (χ2n) is 9.35. The molecule has 4 amide bonds. The number of halogens is 1. The standard InChI is InChI=1S/C27H23FN4O3/c1-27(18-7-6-16-4-2-3-5-17(16)12-18)25(34)32(26(35)30-27)15-24(33)31-11-10-23-21(14-31)20-13-19(28)8-9-22(20)29-23/h2-9,12-13,29H,10-11,14-15H2,1H3,(H,30,35). The zero-order chi connectivity index (χ0) is 24.3. The number of hydrogen-bond acceptors (Lipinski definition) is 3. The van der Waals surface area contributed by atoms with Gasteiger partial charge in [0.1, 0.15) is 17.9 Å². The molecule has 0 radical (unpaired) electrons. The maximum Gasteiger partial charge on any atom is 0.325 e. The molecule has 4 aromatic rings. The van der Waals surface area contributed by atoms with Crippen LogP contribution in [0.15, 0.2) is 60.7 Å². The molecule has 2 aliphatic heterocycles. The first-order valence-corrected chi connectivity index (χ1v) is 11.5. The number of rotatable bonds is 3. The predicted octanol–water partition coefficient (Wildman–Crippen LogP) is 3.81. The van der Waals surface area contributed by atoms with E-state index in [1.165, 1.54) is 12.1 Å². The number of urea groups is 1. The highest BCUT2D eigenvalue weighted by molar-refractivity contribution is 6.09. The van der Waals surface area contributed by atoms with Crippen molar-refractivity contribution in [1.29, 1.82) is 0 Å². The summed E-state index contributed by atoms with van der Waals surface area (Å²) in [6, 6.07) is 17.4. The first-order chi connectivity index (χ1) is 16.8. The molecule has 0 spiro atoms. The minimum absolute atomic E-state index is 0.295. The van der Waals surface area contributed by atoms with E-state index in [0.29, 0.717) is 25.1 Å². The second kappa shape index (κ2) is 7.66. The quantitative estimate of drug-likeness (QED) is 0.447. The lowest BCUT2D eigenvalue weighted by atomic mass is 9.90. The summed E-state index contributed by atoms with van der Waals surface area (Å²) >= 11 is 0. The lowest BCUT2D eigenvalue weighted by Gasteiger charge is -2.29. The molecule has 0 saturated carbocycles. The maximum atomic E-state index is 13.8. The number of benzene rings is 3. The van der Waals surface area contributed by atoms with Gasteiger partial charge in [0.15, 0.2) is 0 Å². The molecule has 3 aromatic carbocycles. The minimum atomic E-state index is -1.26. The monoisotopic (exact) mass is 470 g/mol. The SMILES string of the molecule is CC1(c2ccc3ccccc3c2)NC(=O)N(CC(=O)N2CCc3[nH]c4ccc(F)cc4c3C2)C1=O. The van der Waals surface area contributed by atoms with Crippen LogP contribution >= 0.6 is 0 Å². The topological polar surface area (TPSA) is 85.5 Å². The van der Waals surface area contributed by atoms with Crippen LogP contribution in [0.2, 0.25) is 0 Å². The number of imide groups is 1. The molecule has 1 atom stereocenters. The molecule has 35 heavy (non-hydrogen) atoms. The van der Waals surface area contributed by atoms with Gasteiger partial charge in [-0.25, -0.2) is 9.18 Å². The average Bonchev–Trinajstić information content (AvgIpc) is 3.33. The Hall–Kier alpha value is -4.20. The first kappa shape index (κ1) is 21.3. The molecule has 2 N–H and O–H groups in total. The second-order valence-corrected chi connectivity index (χ2v) is 9.35. The number of fused-ring (bicyclic) bond motifs is 4. The van der Waals surface area contributed by atoms with Gasteiger partial charge in [0.05, 0.1) is 0 Å². The summed E-state index contributed by atoms with van der Waals surface area (Å²) in [6.45, 7) is 2.06. The number of H-pyrrole nitrogens is 1. The van der Waals surface area contributed by atoms with E-state index in [2.05, 4.69) is 10.3 Å².